The van der Waals surface area contributed by atoms with Crippen LogP contribution in [0.3, 0.4) is 0 Å². The second-order valence-corrected chi connectivity index (χ2v) is 4.98. The average molecular weight is 260 g/mol. The molecule has 19 heavy (non-hydrogen) atoms. The van der Waals surface area contributed by atoms with Crippen LogP contribution in [0, 0.1) is 0 Å². The highest BCUT2D eigenvalue weighted by Crippen LogP contribution is 2.22. The number of likely N-dealkylation sites (N-methyl/N-ethyl adjacent to an activating group) is 1. The highest BCUT2D eigenvalue weighted by Gasteiger charge is 2.36. The highest BCUT2D eigenvalue weighted by molar-refractivity contribution is 6.07. The van der Waals surface area contributed by atoms with Gasteiger partial charge in [-0.05, 0) is 26.0 Å². The summed E-state index contributed by atoms with van der Waals surface area (Å²) >= 11 is 0. The van der Waals surface area contributed by atoms with E-state index in [-0.39, 0.29) is 5.91 Å². The summed E-state index contributed by atoms with van der Waals surface area (Å²) in [6.07, 6.45) is 1.75. The van der Waals surface area contributed by atoms with Crippen molar-refractivity contribution in [3.63, 3.8) is 0 Å². The number of para-hydroxylation sites is 1. The number of rotatable bonds is 3. The van der Waals surface area contributed by atoms with E-state index < -0.39 is 11.5 Å². The molecule has 5 heteroatoms. The first-order valence-electron chi connectivity index (χ1n) is 5.93. The standard InChI is InChI=1S/C14H16N2O3/c1-14(2,13(18)19)16(3)12(17)10-6-4-5-9-7-8-15-11(9)10/h4-8,15H,1-3H3,(H,18,19). The lowest BCUT2D eigenvalue weighted by atomic mass is 10.0. The predicted octanol–water partition coefficient (Wildman–Crippen LogP) is 2.10. The number of aromatic amines is 1. The molecule has 0 saturated carbocycles. The number of H-pyrrole nitrogens is 1. The summed E-state index contributed by atoms with van der Waals surface area (Å²) in [4.78, 5) is 27.9. The van der Waals surface area contributed by atoms with E-state index in [0.717, 1.165) is 10.9 Å². The van der Waals surface area contributed by atoms with E-state index in [9.17, 15) is 14.7 Å². The molecule has 0 radical (unpaired) electrons. The van der Waals surface area contributed by atoms with Gasteiger partial charge in [-0.25, -0.2) is 4.79 Å². The predicted molar refractivity (Wildman–Crippen MR) is 72.1 cm³/mol. The van der Waals surface area contributed by atoms with Gasteiger partial charge in [0.15, 0.2) is 0 Å². The molecule has 1 amide bonds. The zero-order chi connectivity index (χ0) is 14.2. The molecule has 1 aromatic carbocycles. The fraction of sp³-hybridized carbons (Fsp3) is 0.286. The van der Waals surface area contributed by atoms with Crippen LogP contribution in [0.5, 0.6) is 0 Å². The summed E-state index contributed by atoms with van der Waals surface area (Å²) in [7, 11) is 1.50. The van der Waals surface area contributed by atoms with Crippen LogP contribution in [0.2, 0.25) is 0 Å². The van der Waals surface area contributed by atoms with Gasteiger partial charge in [-0.15, -0.1) is 0 Å². The molecule has 2 rings (SSSR count). The van der Waals surface area contributed by atoms with Crippen molar-refractivity contribution in [2.75, 3.05) is 7.05 Å². The Kier molecular flexibility index (Phi) is 3.06. The van der Waals surface area contributed by atoms with Crippen LogP contribution >= 0.6 is 0 Å². The maximum absolute atomic E-state index is 12.5. The molecular formula is C14H16N2O3. The number of fused-ring (bicyclic) bond motifs is 1. The number of carboxylic acid groups (broad SMARTS) is 1. The first-order valence-corrected chi connectivity index (χ1v) is 5.93. The minimum Gasteiger partial charge on any atom is -0.480 e. The summed E-state index contributed by atoms with van der Waals surface area (Å²) in [5.41, 5.74) is -0.0638. The number of hydrogen-bond donors (Lipinski definition) is 2. The Morgan fingerprint density at radius 1 is 1.26 bits per heavy atom. The van der Waals surface area contributed by atoms with Crippen LogP contribution in [0.25, 0.3) is 10.9 Å². The van der Waals surface area contributed by atoms with Gasteiger partial charge in [-0.3, -0.25) is 4.79 Å². The number of aliphatic carboxylic acids is 1. The Labute approximate surface area is 110 Å². The van der Waals surface area contributed by atoms with Crippen molar-refractivity contribution in [2.45, 2.75) is 19.4 Å². The number of aromatic nitrogens is 1. The Bertz CT molecular complexity index is 643. The third-order valence-electron chi connectivity index (χ3n) is 3.48. The van der Waals surface area contributed by atoms with Gasteiger partial charge in [0.2, 0.25) is 0 Å². The van der Waals surface area contributed by atoms with E-state index in [1.165, 1.54) is 25.8 Å². The molecule has 0 atom stereocenters. The molecule has 0 aliphatic carbocycles. The largest absolute Gasteiger partial charge is 0.480 e. The minimum atomic E-state index is -1.26. The van der Waals surface area contributed by atoms with Crippen LogP contribution in [-0.2, 0) is 4.79 Å². The van der Waals surface area contributed by atoms with Crippen molar-refractivity contribution < 1.29 is 14.7 Å². The van der Waals surface area contributed by atoms with Crippen molar-refractivity contribution in [1.29, 1.82) is 0 Å². The molecule has 0 unspecified atom stereocenters. The third kappa shape index (κ3) is 2.07. The lowest BCUT2D eigenvalue weighted by Crippen LogP contribution is -2.50. The molecule has 2 N–H and O–H groups in total. The maximum atomic E-state index is 12.5. The fourth-order valence-corrected chi connectivity index (χ4v) is 1.84. The zero-order valence-electron chi connectivity index (χ0n) is 11.1. The van der Waals surface area contributed by atoms with Crippen LogP contribution in [0.1, 0.15) is 24.2 Å². The van der Waals surface area contributed by atoms with Gasteiger partial charge in [0.1, 0.15) is 5.54 Å². The number of nitrogens with one attached hydrogen (secondary N) is 1. The summed E-state index contributed by atoms with van der Waals surface area (Å²) in [6.45, 7) is 3.00. The van der Waals surface area contributed by atoms with Gasteiger partial charge in [0, 0.05) is 18.6 Å². The van der Waals surface area contributed by atoms with Gasteiger partial charge in [0.25, 0.3) is 5.91 Å². The van der Waals surface area contributed by atoms with Crippen molar-refractivity contribution in [3.05, 3.63) is 36.0 Å². The molecule has 0 fully saturated rings. The molecular weight excluding hydrogens is 244 g/mol. The number of amides is 1. The van der Waals surface area contributed by atoms with E-state index in [4.69, 9.17) is 0 Å². The van der Waals surface area contributed by atoms with Crippen molar-refractivity contribution >= 4 is 22.8 Å². The molecule has 0 spiro atoms. The van der Waals surface area contributed by atoms with Gasteiger partial charge in [-0.2, -0.15) is 0 Å². The monoisotopic (exact) mass is 260 g/mol. The lowest BCUT2D eigenvalue weighted by Gasteiger charge is -2.31. The molecule has 0 saturated heterocycles. The summed E-state index contributed by atoms with van der Waals surface area (Å²) in [6, 6.07) is 7.24. The number of nitrogens with zero attached hydrogens (tertiary/aromatic N) is 1. The highest BCUT2D eigenvalue weighted by atomic mass is 16.4. The zero-order valence-corrected chi connectivity index (χ0v) is 11.1. The van der Waals surface area contributed by atoms with E-state index in [0.29, 0.717) is 5.56 Å². The number of carbonyl (C=O) groups is 2. The first kappa shape index (κ1) is 13.1. The Morgan fingerprint density at radius 2 is 1.95 bits per heavy atom. The van der Waals surface area contributed by atoms with Crippen molar-refractivity contribution in [2.24, 2.45) is 0 Å². The fourth-order valence-electron chi connectivity index (χ4n) is 1.84. The molecule has 1 heterocycles. The van der Waals surface area contributed by atoms with Gasteiger partial charge in [0.05, 0.1) is 11.1 Å². The van der Waals surface area contributed by atoms with E-state index in [1.54, 1.807) is 18.3 Å². The quantitative estimate of drug-likeness (QED) is 0.887. The van der Waals surface area contributed by atoms with Crippen LogP contribution in [0.15, 0.2) is 30.5 Å². The van der Waals surface area contributed by atoms with Crippen molar-refractivity contribution in [3.8, 4) is 0 Å². The number of benzene rings is 1. The first-order chi connectivity index (χ1) is 8.85. The third-order valence-corrected chi connectivity index (χ3v) is 3.48. The second kappa shape index (κ2) is 4.42. The minimum absolute atomic E-state index is 0.319. The van der Waals surface area contributed by atoms with Crippen LogP contribution in [-0.4, -0.2) is 39.5 Å². The summed E-state index contributed by atoms with van der Waals surface area (Å²) < 4.78 is 0. The molecule has 0 aliphatic rings. The Balaban J connectivity index is 2.45. The molecule has 0 bridgehead atoms. The molecule has 100 valence electrons. The van der Waals surface area contributed by atoms with E-state index in [2.05, 4.69) is 4.98 Å². The van der Waals surface area contributed by atoms with Gasteiger partial charge in [-0.1, -0.05) is 12.1 Å². The van der Waals surface area contributed by atoms with Crippen LogP contribution in [0.4, 0.5) is 0 Å². The molecule has 2 aromatic rings. The van der Waals surface area contributed by atoms with Crippen molar-refractivity contribution in [1.82, 2.24) is 9.88 Å². The SMILES string of the molecule is CN(C(=O)c1cccc2cc[nH]c12)C(C)(C)C(=O)O. The topological polar surface area (TPSA) is 73.4 Å². The molecule has 1 aromatic heterocycles. The Hall–Kier alpha value is -2.30. The maximum Gasteiger partial charge on any atom is 0.329 e. The van der Waals surface area contributed by atoms with E-state index in [1.807, 2.05) is 12.1 Å². The number of hydrogen-bond acceptors (Lipinski definition) is 2. The van der Waals surface area contributed by atoms with Crippen LogP contribution < -0.4 is 0 Å². The average Bonchev–Trinajstić information content (AvgIpc) is 2.84. The van der Waals surface area contributed by atoms with E-state index >= 15 is 0 Å². The smallest absolute Gasteiger partial charge is 0.329 e. The van der Waals surface area contributed by atoms with Gasteiger partial charge < -0.3 is 15.0 Å². The lowest BCUT2D eigenvalue weighted by molar-refractivity contribution is -0.147. The normalized spacial score (nSPS) is 11.5. The number of carbonyl (C=O) groups excluding carboxylic acids is 1. The number of carboxylic acids is 1. The molecule has 5 nitrogen and oxygen atoms in total. The summed E-state index contributed by atoms with van der Waals surface area (Å²) in [5, 5.41) is 10.1. The Morgan fingerprint density at radius 3 is 2.58 bits per heavy atom. The summed E-state index contributed by atoms with van der Waals surface area (Å²) in [5.74, 6) is -1.36. The second-order valence-electron chi connectivity index (χ2n) is 4.98. The molecule has 0 aliphatic heterocycles. The van der Waals surface area contributed by atoms with Gasteiger partial charge >= 0.3 is 5.97 Å².